The second kappa shape index (κ2) is 4.99. The van der Waals surface area contributed by atoms with Gasteiger partial charge in [0.15, 0.2) is 0 Å². The van der Waals surface area contributed by atoms with E-state index in [1.54, 1.807) is 18.4 Å². The number of hydrogen-bond donors (Lipinski definition) is 1. The quantitative estimate of drug-likeness (QED) is 0.842. The van der Waals surface area contributed by atoms with Gasteiger partial charge in [0.1, 0.15) is 0 Å². The van der Waals surface area contributed by atoms with Crippen LogP contribution in [0.25, 0.3) is 0 Å². The van der Waals surface area contributed by atoms with E-state index in [4.69, 9.17) is 0 Å². The van der Waals surface area contributed by atoms with Crippen molar-refractivity contribution in [2.45, 2.75) is 32.0 Å². The van der Waals surface area contributed by atoms with Crippen molar-refractivity contribution in [3.8, 4) is 0 Å². The molecule has 0 spiro atoms. The summed E-state index contributed by atoms with van der Waals surface area (Å²) < 4.78 is 36.1. The summed E-state index contributed by atoms with van der Waals surface area (Å²) in [6.07, 6.45) is -4.71. The van der Waals surface area contributed by atoms with Crippen molar-refractivity contribution in [2.75, 3.05) is 7.05 Å². The molecule has 1 nitrogen and oxygen atoms in total. The summed E-state index contributed by atoms with van der Waals surface area (Å²) in [6.45, 7) is 1.95. The minimum atomic E-state index is -4.07. The maximum atomic E-state index is 12.0. The van der Waals surface area contributed by atoms with Gasteiger partial charge in [-0.05, 0) is 32.5 Å². The van der Waals surface area contributed by atoms with Crippen LogP contribution in [0.4, 0.5) is 13.2 Å². The molecule has 0 bridgehead atoms. The van der Waals surface area contributed by atoms with Crippen molar-refractivity contribution in [3.05, 3.63) is 21.9 Å². The molecular weight excluding hydrogens is 223 g/mol. The van der Waals surface area contributed by atoms with E-state index in [0.29, 0.717) is 0 Å². The summed E-state index contributed by atoms with van der Waals surface area (Å²) in [5, 5.41) is 2.91. The molecule has 0 aliphatic heterocycles. The highest BCUT2D eigenvalue weighted by Gasteiger charge is 2.28. The van der Waals surface area contributed by atoms with Crippen LogP contribution in [-0.4, -0.2) is 13.2 Å². The van der Waals surface area contributed by atoms with Crippen LogP contribution in [0, 0.1) is 6.92 Å². The highest BCUT2D eigenvalue weighted by Crippen LogP contribution is 2.30. The Balaban J connectivity index is 2.57. The molecule has 0 radical (unpaired) electrons. The molecule has 0 saturated carbocycles. The molecule has 1 unspecified atom stereocenters. The first kappa shape index (κ1) is 12.5. The van der Waals surface area contributed by atoms with Crippen LogP contribution >= 0.6 is 11.3 Å². The Kier molecular flexibility index (Phi) is 4.16. The molecule has 0 fully saturated rings. The van der Waals surface area contributed by atoms with E-state index in [1.807, 2.05) is 19.1 Å². The molecule has 1 N–H and O–H groups in total. The third-order valence-corrected chi connectivity index (χ3v) is 3.28. The summed E-state index contributed by atoms with van der Waals surface area (Å²) in [7, 11) is 1.69. The Bertz CT molecular complexity index is 306. The number of aryl methyl sites for hydroxylation is 1. The van der Waals surface area contributed by atoms with Gasteiger partial charge >= 0.3 is 6.18 Å². The normalized spacial score (nSPS) is 14.2. The second-order valence-electron chi connectivity index (χ2n) is 3.44. The lowest BCUT2D eigenvalue weighted by atomic mass is 10.1. The Morgan fingerprint density at radius 3 is 2.47 bits per heavy atom. The highest BCUT2D eigenvalue weighted by molar-refractivity contribution is 7.12. The van der Waals surface area contributed by atoms with Gasteiger partial charge in [-0.25, -0.2) is 0 Å². The van der Waals surface area contributed by atoms with Crippen LogP contribution < -0.4 is 5.32 Å². The van der Waals surface area contributed by atoms with Crippen LogP contribution in [0.3, 0.4) is 0 Å². The van der Waals surface area contributed by atoms with E-state index in [9.17, 15) is 13.2 Å². The Morgan fingerprint density at radius 1 is 1.40 bits per heavy atom. The number of alkyl halides is 3. The minimum absolute atomic E-state index is 0.0972. The number of rotatable bonds is 4. The summed E-state index contributed by atoms with van der Waals surface area (Å²) in [4.78, 5) is 2.09. The van der Waals surface area contributed by atoms with Crippen molar-refractivity contribution in [1.29, 1.82) is 0 Å². The van der Waals surface area contributed by atoms with Gasteiger partial charge in [-0.3, -0.25) is 0 Å². The number of halogens is 3. The first-order valence-corrected chi connectivity index (χ1v) is 5.54. The molecule has 1 heterocycles. The van der Waals surface area contributed by atoms with Gasteiger partial charge in [0.2, 0.25) is 0 Å². The molecule has 1 rings (SSSR count). The molecular formula is C10H14F3NS. The number of thiophene rings is 1. The summed E-state index contributed by atoms with van der Waals surface area (Å²) in [6, 6.07) is 3.63. The lowest BCUT2D eigenvalue weighted by molar-refractivity contribution is -0.136. The highest BCUT2D eigenvalue weighted by atomic mass is 32.1. The maximum absolute atomic E-state index is 12.0. The van der Waals surface area contributed by atoms with E-state index in [-0.39, 0.29) is 12.5 Å². The van der Waals surface area contributed by atoms with Crippen LogP contribution in [0.5, 0.6) is 0 Å². The SMILES string of the molecule is CNC(CCC(F)(F)F)c1ccc(C)s1. The maximum Gasteiger partial charge on any atom is 0.389 e. The minimum Gasteiger partial charge on any atom is -0.312 e. The molecule has 0 saturated heterocycles. The average molecular weight is 237 g/mol. The Morgan fingerprint density at radius 2 is 2.07 bits per heavy atom. The van der Waals surface area contributed by atoms with Crippen molar-refractivity contribution in [1.82, 2.24) is 5.32 Å². The van der Waals surface area contributed by atoms with E-state index in [0.717, 1.165) is 9.75 Å². The molecule has 0 aliphatic rings. The van der Waals surface area contributed by atoms with E-state index < -0.39 is 12.6 Å². The lowest BCUT2D eigenvalue weighted by Gasteiger charge is -2.15. The van der Waals surface area contributed by atoms with Crippen LogP contribution in [0.2, 0.25) is 0 Å². The van der Waals surface area contributed by atoms with Gasteiger partial charge in [0.05, 0.1) is 0 Å². The molecule has 1 aromatic rings. The lowest BCUT2D eigenvalue weighted by Crippen LogP contribution is -2.18. The van der Waals surface area contributed by atoms with Crippen LogP contribution in [0.1, 0.15) is 28.6 Å². The molecule has 1 aromatic heterocycles. The summed E-state index contributed by atoms with van der Waals surface area (Å²) in [5.74, 6) is 0. The topological polar surface area (TPSA) is 12.0 Å². The molecule has 0 amide bonds. The van der Waals surface area contributed by atoms with Gasteiger partial charge < -0.3 is 5.32 Å². The van der Waals surface area contributed by atoms with Gasteiger partial charge in [-0.2, -0.15) is 13.2 Å². The van der Waals surface area contributed by atoms with E-state index >= 15 is 0 Å². The zero-order chi connectivity index (χ0) is 11.5. The Hall–Kier alpha value is -0.550. The predicted molar refractivity (Wildman–Crippen MR) is 56.1 cm³/mol. The van der Waals surface area contributed by atoms with Crippen LogP contribution in [-0.2, 0) is 0 Å². The fourth-order valence-corrected chi connectivity index (χ4v) is 2.40. The molecule has 5 heteroatoms. The van der Waals surface area contributed by atoms with Crippen molar-refractivity contribution < 1.29 is 13.2 Å². The van der Waals surface area contributed by atoms with Crippen LogP contribution in [0.15, 0.2) is 12.1 Å². The molecule has 0 aromatic carbocycles. The monoisotopic (exact) mass is 237 g/mol. The Labute approximate surface area is 91.3 Å². The molecule has 0 aliphatic carbocycles. The predicted octanol–water partition coefficient (Wildman–Crippen LogP) is 3.66. The second-order valence-corrected chi connectivity index (χ2v) is 4.76. The van der Waals surface area contributed by atoms with Gasteiger partial charge in [0, 0.05) is 22.2 Å². The largest absolute Gasteiger partial charge is 0.389 e. The van der Waals surface area contributed by atoms with Gasteiger partial charge in [-0.15, -0.1) is 11.3 Å². The fraction of sp³-hybridized carbons (Fsp3) is 0.600. The van der Waals surface area contributed by atoms with Crippen molar-refractivity contribution in [3.63, 3.8) is 0 Å². The third kappa shape index (κ3) is 4.22. The van der Waals surface area contributed by atoms with Gasteiger partial charge in [0.25, 0.3) is 0 Å². The average Bonchev–Trinajstić information content (AvgIpc) is 2.51. The molecule has 15 heavy (non-hydrogen) atoms. The van der Waals surface area contributed by atoms with Gasteiger partial charge in [-0.1, -0.05) is 0 Å². The van der Waals surface area contributed by atoms with E-state index in [2.05, 4.69) is 5.32 Å². The molecule has 1 atom stereocenters. The third-order valence-electron chi connectivity index (χ3n) is 2.17. The molecule has 86 valence electrons. The first-order valence-electron chi connectivity index (χ1n) is 4.73. The van der Waals surface area contributed by atoms with Crippen molar-refractivity contribution in [2.24, 2.45) is 0 Å². The standard InChI is InChI=1S/C10H14F3NS/c1-7-3-4-9(15-7)8(14-2)5-6-10(11,12)13/h3-4,8,14H,5-6H2,1-2H3. The zero-order valence-corrected chi connectivity index (χ0v) is 9.50. The smallest absolute Gasteiger partial charge is 0.312 e. The fourth-order valence-electron chi connectivity index (χ4n) is 1.38. The van der Waals surface area contributed by atoms with E-state index in [1.165, 1.54) is 0 Å². The number of nitrogens with one attached hydrogen (secondary N) is 1. The summed E-state index contributed by atoms with van der Waals surface area (Å²) in [5.41, 5.74) is 0. The number of hydrogen-bond acceptors (Lipinski definition) is 2. The summed E-state index contributed by atoms with van der Waals surface area (Å²) >= 11 is 1.54. The first-order chi connectivity index (χ1) is 6.92. The van der Waals surface area contributed by atoms with Crippen molar-refractivity contribution >= 4 is 11.3 Å². The zero-order valence-electron chi connectivity index (χ0n) is 8.69.